The van der Waals surface area contributed by atoms with Crippen LogP contribution in [0.1, 0.15) is 26.3 Å². The van der Waals surface area contributed by atoms with Crippen molar-refractivity contribution in [1.29, 1.82) is 5.26 Å². The van der Waals surface area contributed by atoms with Crippen molar-refractivity contribution in [3.63, 3.8) is 0 Å². The molecule has 0 aliphatic rings. The van der Waals surface area contributed by atoms with Gasteiger partial charge in [0.1, 0.15) is 0 Å². The van der Waals surface area contributed by atoms with Crippen LogP contribution in [-0.4, -0.2) is 18.4 Å². The van der Waals surface area contributed by atoms with Crippen LogP contribution in [0.5, 0.6) is 0 Å². The molecule has 2 aromatic rings. The quantitative estimate of drug-likeness (QED) is 0.642. The molecule has 0 aliphatic carbocycles. The number of rotatable bonds is 4. The molecular formula is C16H10ClNO3. The number of nitrogens with zero attached hydrogens (tertiary/aromatic N) is 1. The Kier molecular flexibility index (Phi) is 4.70. The molecule has 0 spiro atoms. The molecule has 0 aliphatic heterocycles. The molecule has 4 nitrogen and oxygen atoms in total. The van der Waals surface area contributed by atoms with Crippen molar-refractivity contribution in [3.8, 4) is 6.07 Å². The van der Waals surface area contributed by atoms with E-state index in [1.54, 1.807) is 24.3 Å². The van der Waals surface area contributed by atoms with Crippen molar-refractivity contribution in [3.05, 3.63) is 70.2 Å². The topological polar surface area (TPSA) is 67.2 Å². The number of hydrogen-bond acceptors (Lipinski definition) is 4. The minimum atomic E-state index is -0.609. The third-order valence-electron chi connectivity index (χ3n) is 2.75. The van der Waals surface area contributed by atoms with Gasteiger partial charge >= 0.3 is 5.97 Å². The van der Waals surface area contributed by atoms with E-state index in [1.165, 1.54) is 24.3 Å². The molecule has 0 aromatic heterocycles. The normalized spacial score (nSPS) is 9.71. The Bertz CT molecular complexity index is 700. The molecule has 2 aromatic carbocycles. The predicted octanol–water partition coefficient (Wildman–Crippen LogP) is 3.25. The Labute approximate surface area is 126 Å². The third-order valence-corrected chi connectivity index (χ3v) is 3.00. The number of benzene rings is 2. The molecule has 0 atom stereocenters. The molecule has 0 unspecified atom stereocenters. The maximum absolute atomic E-state index is 11.8. The summed E-state index contributed by atoms with van der Waals surface area (Å²) in [7, 11) is 0. The fraction of sp³-hybridized carbons (Fsp3) is 0.0625. The largest absolute Gasteiger partial charge is 0.454 e. The fourth-order valence-electron chi connectivity index (χ4n) is 1.61. The van der Waals surface area contributed by atoms with Crippen LogP contribution in [0.3, 0.4) is 0 Å². The summed E-state index contributed by atoms with van der Waals surface area (Å²) in [6.07, 6.45) is 0. The molecule has 0 radical (unpaired) electrons. The van der Waals surface area contributed by atoms with E-state index >= 15 is 0 Å². The van der Waals surface area contributed by atoms with Gasteiger partial charge < -0.3 is 4.74 Å². The molecular weight excluding hydrogens is 290 g/mol. The molecule has 104 valence electrons. The van der Waals surface area contributed by atoms with Gasteiger partial charge in [-0.25, -0.2) is 4.79 Å². The number of Topliss-reactive ketones (excluding diaryl/α,β-unsaturated/α-hetero) is 1. The van der Waals surface area contributed by atoms with E-state index in [9.17, 15) is 9.59 Å². The molecule has 0 bridgehead atoms. The fourth-order valence-corrected chi connectivity index (χ4v) is 1.74. The first-order valence-electron chi connectivity index (χ1n) is 6.06. The Morgan fingerprint density at radius 3 is 2.14 bits per heavy atom. The van der Waals surface area contributed by atoms with E-state index in [0.29, 0.717) is 16.1 Å². The number of ketones is 1. The van der Waals surface area contributed by atoms with Crippen LogP contribution in [0.15, 0.2) is 48.5 Å². The van der Waals surface area contributed by atoms with Crippen LogP contribution in [0.2, 0.25) is 5.02 Å². The zero-order valence-electron chi connectivity index (χ0n) is 10.9. The lowest BCUT2D eigenvalue weighted by Crippen LogP contribution is -2.14. The summed E-state index contributed by atoms with van der Waals surface area (Å²) < 4.78 is 4.94. The minimum Gasteiger partial charge on any atom is -0.454 e. The van der Waals surface area contributed by atoms with Crippen LogP contribution >= 0.6 is 11.6 Å². The standard InChI is InChI=1S/C16H10ClNO3/c17-14-7-5-12(6-8-14)15(19)10-21-16(20)13-3-1-11(9-18)2-4-13/h1-8H,10H2. The van der Waals surface area contributed by atoms with Crippen molar-refractivity contribution < 1.29 is 14.3 Å². The lowest BCUT2D eigenvalue weighted by Gasteiger charge is -2.04. The SMILES string of the molecule is N#Cc1ccc(C(=O)OCC(=O)c2ccc(Cl)cc2)cc1. The summed E-state index contributed by atoms with van der Waals surface area (Å²) >= 11 is 5.73. The molecule has 0 heterocycles. The molecule has 0 amide bonds. The zero-order valence-corrected chi connectivity index (χ0v) is 11.6. The molecule has 0 N–H and O–H groups in total. The first kappa shape index (κ1) is 14.8. The highest BCUT2D eigenvalue weighted by Gasteiger charge is 2.11. The van der Waals surface area contributed by atoms with Crippen molar-refractivity contribution in [2.45, 2.75) is 0 Å². The summed E-state index contributed by atoms with van der Waals surface area (Å²) in [4.78, 5) is 23.6. The first-order chi connectivity index (χ1) is 10.1. The van der Waals surface area contributed by atoms with Crippen LogP contribution in [0.25, 0.3) is 0 Å². The summed E-state index contributed by atoms with van der Waals surface area (Å²) in [6.45, 7) is -0.347. The van der Waals surface area contributed by atoms with Gasteiger partial charge in [-0.1, -0.05) is 11.6 Å². The van der Waals surface area contributed by atoms with Gasteiger partial charge in [-0.3, -0.25) is 4.79 Å². The average Bonchev–Trinajstić information content (AvgIpc) is 2.53. The van der Waals surface area contributed by atoms with Gasteiger partial charge in [0.2, 0.25) is 0 Å². The third kappa shape index (κ3) is 3.91. The number of nitriles is 1. The molecule has 0 saturated carbocycles. The van der Waals surface area contributed by atoms with Crippen LogP contribution in [-0.2, 0) is 4.74 Å². The average molecular weight is 300 g/mol. The lowest BCUT2D eigenvalue weighted by molar-refractivity contribution is 0.0475. The highest BCUT2D eigenvalue weighted by molar-refractivity contribution is 6.30. The number of carbonyl (C=O) groups is 2. The Hall–Kier alpha value is -2.64. The Balaban J connectivity index is 1.95. The minimum absolute atomic E-state index is 0.290. The van der Waals surface area contributed by atoms with Gasteiger partial charge in [0.15, 0.2) is 12.4 Å². The molecule has 0 saturated heterocycles. The van der Waals surface area contributed by atoms with Gasteiger partial charge in [0.05, 0.1) is 17.2 Å². The van der Waals surface area contributed by atoms with Gasteiger partial charge in [-0.15, -0.1) is 0 Å². The van der Waals surface area contributed by atoms with E-state index in [-0.39, 0.29) is 18.0 Å². The van der Waals surface area contributed by atoms with Crippen molar-refractivity contribution in [1.82, 2.24) is 0 Å². The van der Waals surface area contributed by atoms with Crippen molar-refractivity contribution >= 4 is 23.4 Å². The van der Waals surface area contributed by atoms with E-state index in [4.69, 9.17) is 21.6 Å². The summed E-state index contributed by atoms with van der Waals surface area (Å²) in [6, 6.07) is 14.3. The highest BCUT2D eigenvalue weighted by atomic mass is 35.5. The molecule has 5 heteroatoms. The van der Waals surface area contributed by atoms with Crippen LogP contribution in [0, 0.1) is 11.3 Å². The van der Waals surface area contributed by atoms with E-state index in [2.05, 4.69) is 0 Å². The van der Waals surface area contributed by atoms with Gasteiger partial charge in [-0.2, -0.15) is 5.26 Å². The van der Waals surface area contributed by atoms with E-state index in [1.807, 2.05) is 6.07 Å². The second-order valence-corrected chi connectivity index (χ2v) is 4.63. The van der Waals surface area contributed by atoms with Crippen LogP contribution < -0.4 is 0 Å². The Morgan fingerprint density at radius 2 is 1.57 bits per heavy atom. The van der Waals surface area contributed by atoms with Crippen LogP contribution in [0.4, 0.5) is 0 Å². The number of carbonyl (C=O) groups excluding carboxylic acids is 2. The summed E-state index contributed by atoms with van der Waals surface area (Å²) in [5.74, 6) is -0.921. The zero-order chi connectivity index (χ0) is 15.2. The monoisotopic (exact) mass is 299 g/mol. The van der Waals surface area contributed by atoms with E-state index in [0.717, 1.165) is 0 Å². The first-order valence-corrected chi connectivity index (χ1v) is 6.44. The number of hydrogen-bond donors (Lipinski definition) is 0. The number of esters is 1. The van der Waals surface area contributed by atoms with Crippen molar-refractivity contribution in [2.24, 2.45) is 0 Å². The molecule has 21 heavy (non-hydrogen) atoms. The smallest absolute Gasteiger partial charge is 0.338 e. The van der Waals surface area contributed by atoms with Gasteiger partial charge in [0.25, 0.3) is 0 Å². The van der Waals surface area contributed by atoms with Crippen molar-refractivity contribution in [2.75, 3.05) is 6.61 Å². The second-order valence-electron chi connectivity index (χ2n) is 4.20. The lowest BCUT2D eigenvalue weighted by atomic mass is 10.1. The molecule has 2 rings (SSSR count). The van der Waals surface area contributed by atoms with Gasteiger partial charge in [0, 0.05) is 10.6 Å². The maximum Gasteiger partial charge on any atom is 0.338 e. The number of halogens is 1. The van der Waals surface area contributed by atoms with Gasteiger partial charge in [-0.05, 0) is 48.5 Å². The Morgan fingerprint density at radius 1 is 1.00 bits per heavy atom. The predicted molar refractivity (Wildman–Crippen MR) is 77.2 cm³/mol. The second kappa shape index (κ2) is 6.69. The summed E-state index contributed by atoms with van der Waals surface area (Å²) in [5, 5.41) is 9.20. The maximum atomic E-state index is 11.8. The van der Waals surface area contributed by atoms with E-state index < -0.39 is 5.97 Å². The highest BCUT2D eigenvalue weighted by Crippen LogP contribution is 2.11. The molecule has 0 fully saturated rings. The summed E-state index contributed by atoms with van der Waals surface area (Å²) in [5.41, 5.74) is 1.16. The number of ether oxygens (including phenoxy) is 1.